The highest BCUT2D eigenvalue weighted by Crippen LogP contribution is 2.66. The van der Waals surface area contributed by atoms with E-state index in [1.54, 1.807) is 0 Å². The first-order valence-electron chi connectivity index (χ1n) is 13.3. The largest absolute Gasteiger partial charge is 0.462 e. The summed E-state index contributed by atoms with van der Waals surface area (Å²) in [5, 5.41) is 0. The van der Waals surface area contributed by atoms with Gasteiger partial charge in [-0.2, -0.15) is 0 Å². The summed E-state index contributed by atoms with van der Waals surface area (Å²) in [5.74, 6) is 0.780. The first kappa shape index (κ1) is 25.5. The highest BCUT2D eigenvalue weighted by molar-refractivity contribution is 5.69. The summed E-state index contributed by atoms with van der Waals surface area (Å²) in [6.45, 7) is 9.38. The van der Waals surface area contributed by atoms with Crippen molar-refractivity contribution in [2.75, 3.05) is 0 Å². The quantitative estimate of drug-likeness (QED) is 0.142. The van der Waals surface area contributed by atoms with Gasteiger partial charge in [0.15, 0.2) is 0 Å². The maximum absolute atomic E-state index is 12.3. The van der Waals surface area contributed by atoms with E-state index in [9.17, 15) is 4.79 Å². The van der Waals surface area contributed by atoms with Crippen LogP contribution in [0.3, 0.4) is 0 Å². The molecule has 0 aromatic heterocycles. The Morgan fingerprint density at radius 3 is 1.97 bits per heavy atom. The Bertz CT molecular complexity index is 521. The summed E-state index contributed by atoms with van der Waals surface area (Å²) in [6.07, 6.45) is 25.9. The number of carbonyl (C=O) groups excluding carboxylic acids is 1. The van der Waals surface area contributed by atoms with Crippen LogP contribution in [0.25, 0.3) is 0 Å². The van der Waals surface area contributed by atoms with Crippen molar-refractivity contribution < 1.29 is 9.53 Å². The van der Waals surface area contributed by atoms with E-state index in [0.717, 1.165) is 25.2 Å². The minimum absolute atomic E-state index is 0.0437. The van der Waals surface area contributed by atoms with Crippen LogP contribution in [-0.4, -0.2) is 12.1 Å². The Kier molecular flexibility index (Phi) is 11.0. The zero-order valence-corrected chi connectivity index (χ0v) is 20.6. The molecule has 3 atom stereocenters. The molecule has 0 heterocycles. The Balaban J connectivity index is 1.41. The number of allylic oxidation sites excluding steroid dienone is 2. The monoisotopic (exact) mass is 418 g/mol. The third-order valence-corrected chi connectivity index (χ3v) is 8.63. The van der Waals surface area contributed by atoms with Gasteiger partial charge in [0.1, 0.15) is 6.10 Å². The number of carbonyl (C=O) groups is 1. The molecule has 174 valence electrons. The Labute approximate surface area is 187 Å². The molecule has 2 heteroatoms. The van der Waals surface area contributed by atoms with E-state index < -0.39 is 0 Å². The molecule has 2 nitrogen and oxygen atoms in total. The van der Waals surface area contributed by atoms with Gasteiger partial charge in [0.25, 0.3) is 0 Å². The second-order valence-corrected chi connectivity index (χ2v) is 10.9. The topological polar surface area (TPSA) is 26.3 Å². The molecule has 2 rings (SSSR count). The number of rotatable bonds is 16. The molecule has 2 aliphatic carbocycles. The number of hydrogen-bond donors (Lipinski definition) is 0. The SMILES string of the molecule is CCCCCCCC/C=C\CCCCCCCC(=O)O[C@H]1C[C@H]2CC[C@@]1(C)C2(C)C. The molecule has 30 heavy (non-hydrogen) atoms. The predicted octanol–water partition coefficient (Wildman–Crippen LogP) is 8.78. The highest BCUT2D eigenvalue weighted by atomic mass is 16.5. The molecule has 0 N–H and O–H groups in total. The first-order valence-corrected chi connectivity index (χ1v) is 13.3. The van der Waals surface area contributed by atoms with Gasteiger partial charge in [-0.25, -0.2) is 0 Å². The van der Waals surface area contributed by atoms with E-state index >= 15 is 0 Å². The minimum atomic E-state index is 0.0437. The molecule has 0 saturated heterocycles. The van der Waals surface area contributed by atoms with Crippen LogP contribution < -0.4 is 0 Å². The number of unbranched alkanes of at least 4 members (excludes halogenated alkanes) is 11. The van der Waals surface area contributed by atoms with Gasteiger partial charge < -0.3 is 4.74 Å². The molecular weight excluding hydrogens is 368 g/mol. The van der Waals surface area contributed by atoms with Crippen LogP contribution in [0, 0.1) is 16.7 Å². The van der Waals surface area contributed by atoms with Crippen molar-refractivity contribution in [3.63, 3.8) is 0 Å². The van der Waals surface area contributed by atoms with Crippen LogP contribution in [0.2, 0.25) is 0 Å². The molecule has 0 radical (unpaired) electrons. The first-order chi connectivity index (χ1) is 14.4. The molecule has 0 aromatic carbocycles. The third kappa shape index (κ3) is 7.13. The van der Waals surface area contributed by atoms with Gasteiger partial charge >= 0.3 is 5.97 Å². The maximum atomic E-state index is 12.3. The smallest absolute Gasteiger partial charge is 0.306 e. The van der Waals surface area contributed by atoms with Crippen molar-refractivity contribution in [3.8, 4) is 0 Å². The molecular formula is C28H50O2. The lowest BCUT2D eigenvalue weighted by Crippen LogP contribution is -2.38. The Morgan fingerprint density at radius 2 is 1.43 bits per heavy atom. The van der Waals surface area contributed by atoms with Crippen molar-refractivity contribution in [2.24, 2.45) is 16.7 Å². The molecule has 2 saturated carbocycles. The number of ether oxygens (including phenoxy) is 1. The molecule has 2 aliphatic rings. The summed E-state index contributed by atoms with van der Waals surface area (Å²) in [4.78, 5) is 12.3. The maximum Gasteiger partial charge on any atom is 0.306 e. The molecule has 0 aliphatic heterocycles. The van der Waals surface area contributed by atoms with Gasteiger partial charge in [-0.3, -0.25) is 4.79 Å². The summed E-state index contributed by atoms with van der Waals surface area (Å²) in [7, 11) is 0. The average molecular weight is 419 g/mol. The van der Waals surface area contributed by atoms with Crippen molar-refractivity contribution in [2.45, 2.75) is 143 Å². The number of hydrogen-bond acceptors (Lipinski definition) is 2. The minimum Gasteiger partial charge on any atom is -0.462 e. The normalized spacial score (nSPS) is 27.2. The molecule has 2 fully saturated rings. The van der Waals surface area contributed by atoms with Gasteiger partial charge in [0.05, 0.1) is 0 Å². The average Bonchev–Trinajstić information content (AvgIpc) is 3.04. The van der Waals surface area contributed by atoms with Gasteiger partial charge in [0.2, 0.25) is 0 Å². The van der Waals surface area contributed by atoms with Crippen molar-refractivity contribution in [3.05, 3.63) is 12.2 Å². The second kappa shape index (κ2) is 12.9. The third-order valence-electron chi connectivity index (χ3n) is 8.63. The summed E-state index contributed by atoms with van der Waals surface area (Å²) in [6, 6.07) is 0. The second-order valence-electron chi connectivity index (χ2n) is 10.9. The van der Waals surface area contributed by atoms with E-state index in [1.807, 2.05) is 0 Å². The van der Waals surface area contributed by atoms with Gasteiger partial charge in [-0.1, -0.05) is 91.2 Å². The summed E-state index contributed by atoms with van der Waals surface area (Å²) in [5.41, 5.74) is 0.511. The molecule has 0 amide bonds. The van der Waals surface area contributed by atoms with Crippen LogP contribution in [0.15, 0.2) is 12.2 Å². The van der Waals surface area contributed by atoms with Gasteiger partial charge in [-0.05, 0) is 62.7 Å². The fraction of sp³-hybridized carbons (Fsp3) is 0.893. The van der Waals surface area contributed by atoms with Crippen LogP contribution in [-0.2, 0) is 9.53 Å². The molecule has 0 aromatic rings. The van der Waals surface area contributed by atoms with E-state index in [0.29, 0.717) is 11.8 Å². The van der Waals surface area contributed by atoms with E-state index in [-0.39, 0.29) is 17.5 Å². The van der Waals surface area contributed by atoms with Crippen molar-refractivity contribution in [1.29, 1.82) is 0 Å². The van der Waals surface area contributed by atoms with Gasteiger partial charge in [0, 0.05) is 11.8 Å². The standard InChI is InChI=1S/C28H50O2/c1-5-6-7-8-9-10-11-12-13-14-15-16-17-18-19-20-26(29)30-25-23-24-21-22-28(25,4)27(24,2)3/h12-13,24-25H,5-11,14-23H2,1-4H3/b13-12-/t24-,25+,28-/m1/s1. The Morgan fingerprint density at radius 1 is 0.867 bits per heavy atom. The summed E-state index contributed by atoms with van der Waals surface area (Å²) >= 11 is 0. The van der Waals surface area contributed by atoms with E-state index in [4.69, 9.17) is 4.74 Å². The highest BCUT2D eigenvalue weighted by Gasteiger charge is 2.62. The zero-order chi connectivity index (χ0) is 21.9. The number of esters is 1. The van der Waals surface area contributed by atoms with Crippen LogP contribution in [0.5, 0.6) is 0 Å². The lowest BCUT2D eigenvalue weighted by molar-refractivity contribution is -0.157. The Hall–Kier alpha value is -0.790. The molecule has 0 unspecified atom stereocenters. The summed E-state index contributed by atoms with van der Waals surface area (Å²) < 4.78 is 5.95. The van der Waals surface area contributed by atoms with E-state index in [1.165, 1.54) is 83.5 Å². The number of fused-ring (bicyclic) bond motifs is 2. The predicted molar refractivity (Wildman–Crippen MR) is 129 cm³/mol. The van der Waals surface area contributed by atoms with E-state index in [2.05, 4.69) is 39.8 Å². The molecule has 0 spiro atoms. The van der Waals surface area contributed by atoms with Crippen molar-refractivity contribution in [1.82, 2.24) is 0 Å². The van der Waals surface area contributed by atoms with Crippen LogP contribution >= 0.6 is 0 Å². The zero-order valence-electron chi connectivity index (χ0n) is 20.6. The van der Waals surface area contributed by atoms with Gasteiger partial charge in [-0.15, -0.1) is 0 Å². The lowest BCUT2D eigenvalue weighted by atomic mass is 9.70. The lowest BCUT2D eigenvalue weighted by Gasteiger charge is -2.38. The van der Waals surface area contributed by atoms with Crippen LogP contribution in [0.1, 0.15) is 137 Å². The van der Waals surface area contributed by atoms with Crippen molar-refractivity contribution >= 4 is 5.97 Å². The molecule has 2 bridgehead atoms. The van der Waals surface area contributed by atoms with Crippen LogP contribution in [0.4, 0.5) is 0 Å². The fourth-order valence-corrected chi connectivity index (χ4v) is 5.87. The fourth-order valence-electron chi connectivity index (χ4n) is 5.87.